The van der Waals surface area contributed by atoms with E-state index in [2.05, 4.69) is 5.10 Å². The molecule has 1 unspecified atom stereocenters. The summed E-state index contributed by atoms with van der Waals surface area (Å²) < 4.78 is 28.0. The summed E-state index contributed by atoms with van der Waals surface area (Å²) in [6.07, 6.45) is 0.413. The van der Waals surface area contributed by atoms with Gasteiger partial charge in [-0.15, -0.1) is 0 Å². The molecule has 29 heavy (non-hydrogen) atoms. The Labute approximate surface area is 180 Å². The summed E-state index contributed by atoms with van der Waals surface area (Å²) in [6, 6.07) is 20.7. The van der Waals surface area contributed by atoms with Gasteiger partial charge in [0.15, 0.2) is 0 Å². The van der Waals surface area contributed by atoms with E-state index in [-0.39, 0.29) is 4.90 Å². The molecule has 0 spiro atoms. The topological polar surface area (TPSA) is 49.7 Å². The SMILES string of the molecule is Cc1ccc(S(=O)(=O)N2N=C(c3ccc(Cl)cc3)CC2c2ccccc2Cl)cc1. The number of hydrogen-bond donors (Lipinski definition) is 0. The third kappa shape index (κ3) is 3.90. The van der Waals surface area contributed by atoms with Crippen LogP contribution in [0.5, 0.6) is 0 Å². The molecule has 1 heterocycles. The molecule has 1 aliphatic heterocycles. The zero-order valence-corrected chi connectivity index (χ0v) is 17.9. The molecule has 0 saturated heterocycles. The van der Waals surface area contributed by atoms with Crippen molar-refractivity contribution in [1.29, 1.82) is 0 Å². The molecule has 148 valence electrons. The van der Waals surface area contributed by atoms with Crippen molar-refractivity contribution < 1.29 is 8.42 Å². The number of aryl methyl sites for hydroxylation is 1. The van der Waals surface area contributed by atoms with Crippen LogP contribution in [0.2, 0.25) is 10.0 Å². The largest absolute Gasteiger partial charge is 0.279 e. The Bertz CT molecular complexity index is 1170. The molecule has 0 aromatic heterocycles. The Morgan fingerprint density at radius 3 is 2.24 bits per heavy atom. The van der Waals surface area contributed by atoms with Crippen molar-refractivity contribution >= 4 is 38.9 Å². The van der Waals surface area contributed by atoms with Crippen molar-refractivity contribution in [3.8, 4) is 0 Å². The first kappa shape index (κ1) is 20.0. The second-order valence-electron chi connectivity index (χ2n) is 6.89. The Morgan fingerprint density at radius 2 is 1.59 bits per heavy atom. The zero-order valence-electron chi connectivity index (χ0n) is 15.6. The minimum atomic E-state index is -3.86. The van der Waals surface area contributed by atoms with Gasteiger partial charge in [0.2, 0.25) is 0 Å². The van der Waals surface area contributed by atoms with E-state index in [0.717, 1.165) is 16.7 Å². The molecular formula is C22H18Cl2N2O2S. The number of hydrazone groups is 1. The molecule has 0 bridgehead atoms. The third-order valence-electron chi connectivity index (χ3n) is 4.88. The van der Waals surface area contributed by atoms with Crippen molar-refractivity contribution in [1.82, 2.24) is 4.41 Å². The maximum Gasteiger partial charge on any atom is 0.279 e. The normalized spacial score (nSPS) is 16.7. The van der Waals surface area contributed by atoms with Gasteiger partial charge >= 0.3 is 0 Å². The second kappa shape index (κ2) is 7.82. The summed E-state index contributed by atoms with van der Waals surface area (Å²) in [5.74, 6) is 0. The van der Waals surface area contributed by atoms with Crippen molar-refractivity contribution in [2.45, 2.75) is 24.3 Å². The number of hydrogen-bond acceptors (Lipinski definition) is 3. The number of sulfonamides is 1. The predicted octanol–water partition coefficient (Wildman–Crippen LogP) is 5.84. The molecule has 4 nitrogen and oxygen atoms in total. The van der Waals surface area contributed by atoms with Crippen molar-refractivity contribution in [3.05, 3.63) is 99.5 Å². The lowest BCUT2D eigenvalue weighted by atomic mass is 9.99. The molecule has 0 aliphatic carbocycles. The summed E-state index contributed by atoms with van der Waals surface area (Å²) in [5, 5.41) is 5.64. The highest BCUT2D eigenvalue weighted by Gasteiger charge is 2.38. The molecular weight excluding hydrogens is 427 g/mol. The molecule has 0 fully saturated rings. The predicted molar refractivity (Wildman–Crippen MR) is 117 cm³/mol. The number of rotatable bonds is 4. The summed E-state index contributed by atoms with van der Waals surface area (Å²) >= 11 is 12.4. The highest BCUT2D eigenvalue weighted by atomic mass is 35.5. The van der Waals surface area contributed by atoms with Gasteiger partial charge in [0, 0.05) is 16.5 Å². The van der Waals surface area contributed by atoms with E-state index < -0.39 is 16.1 Å². The highest BCUT2D eigenvalue weighted by molar-refractivity contribution is 7.89. The third-order valence-corrected chi connectivity index (χ3v) is 7.17. The molecule has 1 aliphatic rings. The minimum Gasteiger partial charge on any atom is -0.200 e. The Kier molecular flexibility index (Phi) is 5.38. The Balaban J connectivity index is 1.82. The van der Waals surface area contributed by atoms with E-state index in [0.29, 0.717) is 22.2 Å². The van der Waals surface area contributed by atoms with Crippen LogP contribution in [0.1, 0.15) is 29.2 Å². The van der Waals surface area contributed by atoms with Crippen molar-refractivity contribution in [2.24, 2.45) is 5.10 Å². The van der Waals surface area contributed by atoms with Crippen LogP contribution >= 0.6 is 23.2 Å². The van der Waals surface area contributed by atoms with E-state index >= 15 is 0 Å². The maximum absolute atomic E-state index is 13.4. The van der Waals surface area contributed by atoms with Gasteiger partial charge in [0.1, 0.15) is 0 Å². The van der Waals surface area contributed by atoms with Gasteiger partial charge in [-0.25, -0.2) is 0 Å². The molecule has 0 radical (unpaired) electrons. The van der Waals surface area contributed by atoms with Crippen molar-refractivity contribution in [3.63, 3.8) is 0 Å². The first-order valence-corrected chi connectivity index (χ1v) is 11.2. The lowest BCUT2D eigenvalue weighted by molar-refractivity contribution is 0.371. The molecule has 3 aromatic carbocycles. The average molecular weight is 445 g/mol. The van der Waals surface area contributed by atoms with Crippen LogP contribution in [0.4, 0.5) is 0 Å². The van der Waals surface area contributed by atoms with E-state index in [1.165, 1.54) is 4.41 Å². The Hall–Kier alpha value is -2.34. The first-order chi connectivity index (χ1) is 13.9. The fourth-order valence-electron chi connectivity index (χ4n) is 3.32. The number of benzene rings is 3. The highest BCUT2D eigenvalue weighted by Crippen LogP contribution is 2.39. The van der Waals surface area contributed by atoms with Gasteiger partial charge in [-0.3, -0.25) is 0 Å². The Morgan fingerprint density at radius 1 is 0.931 bits per heavy atom. The van der Waals surface area contributed by atoms with E-state index in [4.69, 9.17) is 23.2 Å². The van der Waals surface area contributed by atoms with E-state index in [9.17, 15) is 8.42 Å². The van der Waals surface area contributed by atoms with Gasteiger partial charge in [-0.05, 0) is 48.4 Å². The van der Waals surface area contributed by atoms with Gasteiger partial charge in [0.05, 0.1) is 16.6 Å². The fraction of sp³-hybridized carbons (Fsp3) is 0.136. The zero-order chi connectivity index (χ0) is 20.6. The van der Waals surface area contributed by atoms with Crippen LogP contribution in [0.3, 0.4) is 0 Å². The maximum atomic E-state index is 13.4. The monoisotopic (exact) mass is 444 g/mol. The van der Waals surface area contributed by atoms with E-state index in [1.807, 2.05) is 37.3 Å². The van der Waals surface area contributed by atoms with Crippen LogP contribution in [0.15, 0.2) is 82.8 Å². The lowest BCUT2D eigenvalue weighted by Crippen LogP contribution is -2.27. The fourth-order valence-corrected chi connectivity index (χ4v) is 5.14. The summed E-state index contributed by atoms with van der Waals surface area (Å²) in [5.41, 5.74) is 3.20. The average Bonchev–Trinajstić information content (AvgIpc) is 3.15. The van der Waals surface area contributed by atoms with Crippen LogP contribution in [0, 0.1) is 6.92 Å². The lowest BCUT2D eigenvalue weighted by Gasteiger charge is -2.24. The molecule has 0 N–H and O–H groups in total. The van der Waals surface area contributed by atoms with Gasteiger partial charge in [-0.2, -0.15) is 17.9 Å². The summed E-state index contributed by atoms with van der Waals surface area (Å²) in [4.78, 5) is 0.196. The molecule has 3 aromatic rings. The number of nitrogens with zero attached hydrogens (tertiary/aromatic N) is 2. The molecule has 4 rings (SSSR count). The van der Waals surface area contributed by atoms with Crippen LogP contribution in [-0.2, 0) is 10.0 Å². The van der Waals surface area contributed by atoms with Gasteiger partial charge < -0.3 is 0 Å². The molecule has 0 saturated carbocycles. The van der Waals surface area contributed by atoms with E-state index in [1.54, 1.807) is 42.5 Å². The molecule has 0 amide bonds. The summed E-state index contributed by atoms with van der Waals surface area (Å²) in [7, 11) is -3.86. The summed E-state index contributed by atoms with van der Waals surface area (Å²) in [6.45, 7) is 1.91. The van der Waals surface area contributed by atoms with Crippen LogP contribution in [0.25, 0.3) is 0 Å². The minimum absolute atomic E-state index is 0.196. The van der Waals surface area contributed by atoms with Gasteiger partial charge in [-0.1, -0.05) is 71.2 Å². The second-order valence-corrected chi connectivity index (χ2v) is 9.52. The number of halogens is 2. The first-order valence-electron chi connectivity index (χ1n) is 9.05. The molecule has 1 atom stereocenters. The standard InChI is InChI=1S/C22H18Cl2N2O2S/c1-15-6-12-18(13-7-15)29(27,28)26-22(19-4-2-3-5-20(19)24)14-21(25-26)16-8-10-17(23)11-9-16/h2-13,22H,14H2,1H3. The molecule has 7 heteroatoms. The quantitative estimate of drug-likeness (QED) is 0.507. The van der Waals surface area contributed by atoms with Crippen LogP contribution < -0.4 is 0 Å². The van der Waals surface area contributed by atoms with Gasteiger partial charge in [0.25, 0.3) is 10.0 Å². The smallest absolute Gasteiger partial charge is 0.200 e. The van der Waals surface area contributed by atoms with Crippen molar-refractivity contribution in [2.75, 3.05) is 0 Å². The van der Waals surface area contributed by atoms with Crippen LogP contribution in [-0.4, -0.2) is 18.5 Å².